The third kappa shape index (κ3) is 4.83. The SMILES string of the molecule is O=C(O)CCCCc1nc2cc(C3=NOC4(CCCCC4)C3)ccc2c(=O)n1-c1ccc(F)cc1. The van der Waals surface area contributed by atoms with Crippen LogP contribution in [-0.4, -0.2) is 31.9 Å². The van der Waals surface area contributed by atoms with Gasteiger partial charge < -0.3 is 9.94 Å². The van der Waals surface area contributed by atoms with Crippen LogP contribution in [0.25, 0.3) is 16.6 Å². The molecule has 0 saturated heterocycles. The van der Waals surface area contributed by atoms with Crippen LogP contribution in [0.4, 0.5) is 4.39 Å². The zero-order chi connectivity index (χ0) is 24.4. The molecule has 182 valence electrons. The molecule has 3 aromatic rings. The molecule has 7 nitrogen and oxygen atoms in total. The molecule has 1 aliphatic heterocycles. The number of carboxylic acids is 1. The number of halogens is 1. The van der Waals surface area contributed by atoms with E-state index in [-0.39, 0.29) is 17.6 Å². The van der Waals surface area contributed by atoms with Crippen LogP contribution in [0.3, 0.4) is 0 Å². The number of benzene rings is 2. The average Bonchev–Trinajstić information content (AvgIpc) is 3.26. The molecule has 35 heavy (non-hydrogen) atoms. The van der Waals surface area contributed by atoms with Gasteiger partial charge in [-0.1, -0.05) is 17.6 Å². The molecular weight excluding hydrogens is 449 g/mol. The molecule has 0 radical (unpaired) electrons. The van der Waals surface area contributed by atoms with E-state index in [9.17, 15) is 14.0 Å². The van der Waals surface area contributed by atoms with Crippen LogP contribution in [-0.2, 0) is 16.1 Å². The lowest BCUT2D eigenvalue weighted by molar-refractivity contribution is -0.137. The molecule has 8 heteroatoms. The summed E-state index contributed by atoms with van der Waals surface area (Å²) in [6.07, 6.45) is 7.82. The number of unbranched alkanes of at least 4 members (excludes halogenated alkanes) is 1. The van der Waals surface area contributed by atoms with Crippen LogP contribution in [0.1, 0.15) is 69.2 Å². The molecular formula is C27H28FN3O4. The number of aryl methyl sites for hydroxylation is 1. The van der Waals surface area contributed by atoms with Crippen LogP contribution in [0.5, 0.6) is 0 Å². The second kappa shape index (κ2) is 9.60. The first-order valence-corrected chi connectivity index (χ1v) is 12.2. The summed E-state index contributed by atoms with van der Waals surface area (Å²) in [7, 11) is 0. The number of aliphatic carboxylic acids is 1. The highest BCUT2D eigenvalue weighted by molar-refractivity contribution is 6.03. The highest BCUT2D eigenvalue weighted by Gasteiger charge is 2.40. The third-order valence-electron chi connectivity index (χ3n) is 7.00. The van der Waals surface area contributed by atoms with Crippen molar-refractivity contribution in [3.8, 4) is 5.69 Å². The van der Waals surface area contributed by atoms with Gasteiger partial charge in [-0.05, 0) is 74.9 Å². The summed E-state index contributed by atoms with van der Waals surface area (Å²) in [5, 5.41) is 13.8. The molecule has 0 unspecified atom stereocenters. The normalized spacial score (nSPS) is 16.9. The van der Waals surface area contributed by atoms with E-state index >= 15 is 0 Å². The van der Waals surface area contributed by atoms with Crippen LogP contribution in [0.2, 0.25) is 0 Å². The number of carbonyl (C=O) groups is 1. The topological polar surface area (TPSA) is 93.8 Å². The Morgan fingerprint density at radius 2 is 1.86 bits per heavy atom. The highest BCUT2D eigenvalue weighted by atomic mass is 19.1. The molecule has 0 atom stereocenters. The van der Waals surface area contributed by atoms with Gasteiger partial charge in [0.2, 0.25) is 0 Å². The van der Waals surface area contributed by atoms with Crippen molar-refractivity contribution in [3.63, 3.8) is 0 Å². The largest absolute Gasteiger partial charge is 0.481 e. The molecule has 1 saturated carbocycles. The smallest absolute Gasteiger partial charge is 0.303 e. The van der Waals surface area contributed by atoms with E-state index in [0.717, 1.165) is 43.4 Å². The maximum absolute atomic E-state index is 13.5. The van der Waals surface area contributed by atoms with E-state index < -0.39 is 11.8 Å². The van der Waals surface area contributed by atoms with Gasteiger partial charge in [-0.2, -0.15) is 0 Å². The number of nitrogens with zero attached hydrogens (tertiary/aromatic N) is 3. The second-order valence-corrected chi connectivity index (χ2v) is 9.53. The highest BCUT2D eigenvalue weighted by Crippen LogP contribution is 2.39. The molecule has 1 spiro atoms. The lowest BCUT2D eigenvalue weighted by Gasteiger charge is -2.30. The van der Waals surface area contributed by atoms with Crippen LogP contribution in [0.15, 0.2) is 52.4 Å². The van der Waals surface area contributed by atoms with E-state index in [2.05, 4.69) is 5.16 Å². The van der Waals surface area contributed by atoms with Crippen molar-refractivity contribution in [2.75, 3.05) is 0 Å². The van der Waals surface area contributed by atoms with Gasteiger partial charge in [-0.3, -0.25) is 14.2 Å². The fourth-order valence-corrected chi connectivity index (χ4v) is 5.14. The van der Waals surface area contributed by atoms with Crippen molar-refractivity contribution < 1.29 is 19.1 Å². The van der Waals surface area contributed by atoms with Crippen molar-refractivity contribution in [2.45, 2.75) is 69.8 Å². The molecule has 2 heterocycles. The minimum Gasteiger partial charge on any atom is -0.481 e. The van der Waals surface area contributed by atoms with E-state index in [1.807, 2.05) is 12.1 Å². The van der Waals surface area contributed by atoms with Crippen molar-refractivity contribution in [3.05, 3.63) is 70.0 Å². The predicted molar refractivity (Wildman–Crippen MR) is 131 cm³/mol. The minimum absolute atomic E-state index is 0.0556. The Labute approximate surface area is 202 Å². The van der Waals surface area contributed by atoms with Gasteiger partial charge in [0.15, 0.2) is 0 Å². The number of hydrogen-bond acceptors (Lipinski definition) is 5. The van der Waals surface area contributed by atoms with E-state index in [4.69, 9.17) is 14.9 Å². The summed E-state index contributed by atoms with van der Waals surface area (Å²) in [6.45, 7) is 0. The first kappa shape index (κ1) is 23.2. The fraction of sp³-hybridized carbons (Fsp3) is 0.407. The maximum atomic E-state index is 13.5. The summed E-state index contributed by atoms with van der Waals surface area (Å²) >= 11 is 0. The van der Waals surface area contributed by atoms with Crippen LogP contribution in [0, 0.1) is 5.82 Å². The molecule has 2 aromatic carbocycles. The van der Waals surface area contributed by atoms with Crippen molar-refractivity contribution in [2.24, 2.45) is 5.16 Å². The Balaban J connectivity index is 1.51. The molecule has 0 bridgehead atoms. The Bertz CT molecular complexity index is 1340. The maximum Gasteiger partial charge on any atom is 0.303 e. The molecule has 1 N–H and O–H groups in total. The summed E-state index contributed by atoms with van der Waals surface area (Å²) < 4.78 is 15.0. The van der Waals surface area contributed by atoms with Gasteiger partial charge in [-0.25, -0.2) is 9.37 Å². The van der Waals surface area contributed by atoms with Gasteiger partial charge in [-0.15, -0.1) is 0 Å². The first-order chi connectivity index (χ1) is 16.9. The van der Waals surface area contributed by atoms with Crippen LogP contribution < -0.4 is 5.56 Å². The molecule has 1 aliphatic carbocycles. The lowest BCUT2D eigenvalue weighted by Crippen LogP contribution is -2.31. The van der Waals surface area contributed by atoms with E-state index in [1.54, 1.807) is 18.2 Å². The first-order valence-electron chi connectivity index (χ1n) is 12.2. The van der Waals surface area contributed by atoms with Gasteiger partial charge >= 0.3 is 5.97 Å². The average molecular weight is 478 g/mol. The predicted octanol–water partition coefficient (Wildman–Crippen LogP) is 5.15. The van der Waals surface area contributed by atoms with Crippen LogP contribution >= 0.6 is 0 Å². The third-order valence-corrected chi connectivity index (χ3v) is 7.00. The van der Waals surface area contributed by atoms with Gasteiger partial charge in [0, 0.05) is 24.8 Å². The molecule has 0 amide bonds. The van der Waals surface area contributed by atoms with Crippen molar-refractivity contribution >= 4 is 22.6 Å². The standard InChI is InChI=1S/C27H28FN3O4/c28-19-9-11-20(12-10-19)31-24(6-2-3-7-25(32)33)29-22-16-18(8-13-21(22)26(31)34)23-17-27(35-30-23)14-4-1-5-15-27/h8-13,16H,1-7,14-15,17H2,(H,32,33). The fourth-order valence-electron chi connectivity index (χ4n) is 5.14. The molecule has 2 aliphatic rings. The number of aromatic nitrogens is 2. The zero-order valence-corrected chi connectivity index (χ0v) is 19.5. The van der Waals surface area contributed by atoms with Gasteiger partial charge in [0.25, 0.3) is 5.56 Å². The monoisotopic (exact) mass is 477 g/mol. The van der Waals surface area contributed by atoms with E-state index in [1.165, 1.54) is 23.1 Å². The summed E-state index contributed by atoms with van der Waals surface area (Å²) in [6, 6.07) is 11.3. The number of hydrogen-bond donors (Lipinski definition) is 1. The summed E-state index contributed by atoms with van der Waals surface area (Å²) in [4.78, 5) is 35.2. The lowest BCUT2D eigenvalue weighted by atomic mass is 9.81. The Kier molecular flexibility index (Phi) is 6.36. The second-order valence-electron chi connectivity index (χ2n) is 9.53. The summed E-state index contributed by atoms with van der Waals surface area (Å²) in [5.41, 5.74) is 2.42. The van der Waals surface area contributed by atoms with Crippen molar-refractivity contribution in [1.82, 2.24) is 9.55 Å². The van der Waals surface area contributed by atoms with Gasteiger partial charge in [0.05, 0.1) is 22.3 Å². The number of fused-ring (bicyclic) bond motifs is 1. The Hall–Kier alpha value is -3.55. The number of rotatable bonds is 7. The number of oxime groups is 1. The summed E-state index contributed by atoms with van der Waals surface area (Å²) in [5.74, 6) is -0.726. The zero-order valence-electron chi connectivity index (χ0n) is 19.5. The Morgan fingerprint density at radius 3 is 2.60 bits per heavy atom. The molecule has 1 fully saturated rings. The molecule has 5 rings (SSSR count). The minimum atomic E-state index is -0.854. The van der Waals surface area contributed by atoms with E-state index in [0.29, 0.717) is 41.7 Å². The molecule has 1 aromatic heterocycles. The van der Waals surface area contributed by atoms with Gasteiger partial charge in [0.1, 0.15) is 17.2 Å². The quantitative estimate of drug-likeness (QED) is 0.475. The Morgan fingerprint density at radius 1 is 1.09 bits per heavy atom. The number of carboxylic acid groups (broad SMARTS) is 1. The van der Waals surface area contributed by atoms with Crippen molar-refractivity contribution in [1.29, 1.82) is 0 Å².